The summed E-state index contributed by atoms with van der Waals surface area (Å²) in [6.07, 6.45) is -0.785. The monoisotopic (exact) mass is 425 g/mol. The van der Waals surface area contributed by atoms with Gasteiger partial charge in [0.25, 0.3) is 0 Å². The minimum Gasteiger partial charge on any atom is -0.496 e. The smallest absolute Gasteiger partial charge is 0.434 e. The number of rotatable bonds is 6. The van der Waals surface area contributed by atoms with Gasteiger partial charge in [0.05, 0.1) is 7.11 Å². The number of aromatic amines is 1. The summed E-state index contributed by atoms with van der Waals surface area (Å²) in [6, 6.07) is 17.4. The molecule has 0 saturated carbocycles. The van der Waals surface area contributed by atoms with E-state index >= 15 is 0 Å². The molecule has 0 radical (unpaired) electrons. The fourth-order valence-corrected chi connectivity index (χ4v) is 3.60. The Morgan fingerprint density at radius 2 is 1.77 bits per heavy atom. The molecule has 0 bridgehead atoms. The molecule has 0 unspecified atom stereocenters. The predicted octanol–water partition coefficient (Wildman–Crippen LogP) is 6.18. The molecule has 0 amide bonds. The Labute approximate surface area is 178 Å². The molecule has 31 heavy (non-hydrogen) atoms. The highest BCUT2D eigenvalue weighted by Gasteiger charge is 2.34. The van der Waals surface area contributed by atoms with Crippen LogP contribution >= 0.6 is 0 Å². The molecule has 2 aromatic heterocycles. The second-order valence-electron chi connectivity index (χ2n) is 7.22. The van der Waals surface area contributed by atoms with E-state index in [4.69, 9.17) is 4.74 Å². The number of benzene rings is 2. The molecule has 0 aliphatic rings. The van der Waals surface area contributed by atoms with Crippen LogP contribution in [0, 0.1) is 0 Å². The van der Waals surface area contributed by atoms with Gasteiger partial charge in [-0.05, 0) is 24.6 Å². The van der Waals surface area contributed by atoms with Gasteiger partial charge < -0.3 is 14.3 Å². The van der Waals surface area contributed by atoms with Crippen LogP contribution in [0.25, 0.3) is 22.5 Å². The first kappa shape index (κ1) is 20.8. The zero-order chi connectivity index (χ0) is 22.0. The van der Waals surface area contributed by atoms with E-state index < -0.39 is 11.9 Å². The Morgan fingerprint density at radius 1 is 1.03 bits per heavy atom. The first-order valence-electron chi connectivity index (χ1n) is 9.93. The lowest BCUT2D eigenvalue weighted by molar-refractivity contribution is -0.140. The largest absolute Gasteiger partial charge is 0.496 e. The van der Waals surface area contributed by atoms with Crippen molar-refractivity contribution in [1.82, 2.24) is 14.5 Å². The molecule has 0 fully saturated rings. The molecular formula is C24H22F3N3O. The average molecular weight is 425 g/mol. The van der Waals surface area contributed by atoms with E-state index in [-0.39, 0.29) is 0 Å². The van der Waals surface area contributed by atoms with Gasteiger partial charge in [0.1, 0.15) is 11.6 Å². The van der Waals surface area contributed by atoms with E-state index in [0.717, 1.165) is 34.3 Å². The highest BCUT2D eigenvalue weighted by molar-refractivity contribution is 5.70. The Kier molecular flexibility index (Phi) is 5.59. The standard InChI is InChI=1S/C24H22F3N3O/c1-3-30-15-22(24(25,26)27)29-23(30)17-10-8-16(9-11-17)12-19-13-18(14-28-19)20-6-4-5-7-21(20)31-2/h4-11,13-15,28H,3,12H2,1-2H3. The first-order valence-corrected chi connectivity index (χ1v) is 9.93. The highest BCUT2D eigenvalue weighted by Crippen LogP contribution is 2.32. The Balaban J connectivity index is 1.54. The zero-order valence-corrected chi connectivity index (χ0v) is 17.2. The maximum absolute atomic E-state index is 13.0. The van der Waals surface area contributed by atoms with Crippen LogP contribution in [-0.4, -0.2) is 21.6 Å². The summed E-state index contributed by atoms with van der Waals surface area (Å²) in [5.74, 6) is 1.13. The van der Waals surface area contributed by atoms with Gasteiger partial charge in [0.2, 0.25) is 0 Å². The normalized spacial score (nSPS) is 11.6. The molecule has 0 atom stereocenters. The number of halogens is 3. The number of imidazole rings is 1. The predicted molar refractivity (Wildman–Crippen MR) is 114 cm³/mol. The fraction of sp³-hybridized carbons (Fsp3) is 0.208. The number of hydrogen-bond donors (Lipinski definition) is 1. The number of hydrogen-bond acceptors (Lipinski definition) is 2. The van der Waals surface area contributed by atoms with Gasteiger partial charge >= 0.3 is 6.18 Å². The summed E-state index contributed by atoms with van der Waals surface area (Å²) in [5.41, 5.74) is 3.90. The summed E-state index contributed by atoms with van der Waals surface area (Å²) >= 11 is 0. The van der Waals surface area contributed by atoms with Gasteiger partial charge in [-0.3, -0.25) is 0 Å². The molecule has 0 spiro atoms. The second kappa shape index (κ2) is 8.34. The number of nitrogens with zero attached hydrogens (tertiary/aromatic N) is 2. The molecular weight excluding hydrogens is 403 g/mol. The Bertz CT molecular complexity index is 1170. The lowest BCUT2D eigenvalue weighted by atomic mass is 10.0. The van der Waals surface area contributed by atoms with E-state index in [1.54, 1.807) is 14.0 Å². The van der Waals surface area contributed by atoms with Crippen molar-refractivity contribution in [2.24, 2.45) is 0 Å². The highest BCUT2D eigenvalue weighted by atomic mass is 19.4. The van der Waals surface area contributed by atoms with Crippen molar-refractivity contribution < 1.29 is 17.9 Å². The lowest BCUT2D eigenvalue weighted by Crippen LogP contribution is -2.05. The molecule has 4 aromatic rings. The summed E-state index contributed by atoms with van der Waals surface area (Å²) < 4.78 is 46.0. The minimum absolute atomic E-state index is 0.319. The van der Waals surface area contributed by atoms with Crippen molar-refractivity contribution in [1.29, 1.82) is 0 Å². The van der Waals surface area contributed by atoms with Crippen LogP contribution < -0.4 is 4.74 Å². The molecule has 7 heteroatoms. The summed E-state index contributed by atoms with van der Waals surface area (Å²) in [6.45, 7) is 2.21. The number of aryl methyl sites for hydroxylation is 1. The Morgan fingerprint density at radius 3 is 2.45 bits per heavy atom. The van der Waals surface area contributed by atoms with E-state index in [0.29, 0.717) is 24.4 Å². The average Bonchev–Trinajstić information content (AvgIpc) is 3.41. The summed E-state index contributed by atoms with van der Waals surface area (Å²) in [7, 11) is 1.65. The van der Waals surface area contributed by atoms with Crippen molar-refractivity contribution >= 4 is 0 Å². The molecule has 0 aliphatic heterocycles. The minimum atomic E-state index is -4.46. The van der Waals surface area contributed by atoms with Crippen LogP contribution in [0.4, 0.5) is 13.2 Å². The van der Waals surface area contributed by atoms with Crippen LogP contribution in [-0.2, 0) is 19.1 Å². The maximum Gasteiger partial charge on any atom is 0.434 e. The van der Waals surface area contributed by atoms with Crippen LogP contribution in [0.3, 0.4) is 0 Å². The number of para-hydroxylation sites is 1. The topological polar surface area (TPSA) is 42.8 Å². The molecule has 2 aromatic carbocycles. The molecule has 0 aliphatic carbocycles. The van der Waals surface area contributed by atoms with Crippen LogP contribution in [0.5, 0.6) is 5.75 Å². The van der Waals surface area contributed by atoms with E-state index in [1.807, 2.05) is 54.7 Å². The number of nitrogens with one attached hydrogen (secondary N) is 1. The first-order chi connectivity index (χ1) is 14.9. The van der Waals surface area contributed by atoms with E-state index in [2.05, 4.69) is 16.0 Å². The number of methoxy groups -OCH3 is 1. The van der Waals surface area contributed by atoms with E-state index in [1.165, 1.54) is 4.57 Å². The lowest BCUT2D eigenvalue weighted by Gasteiger charge is -2.06. The molecule has 0 saturated heterocycles. The summed E-state index contributed by atoms with van der Waals surface area (Å²) in [4.78, 5) is 7.10. The van der Waals surface area contributed by atoms with Gasteiger partial charge in [-0.2, -0.15) is 13.2 Å². The SMILES string of the molecule is CCn1cc(C(F)(F)F)nc1-c1ccc(Cc2cc(-c3ccccc3OC)c[nH]2)cc1. The molecule has 160 valence electrons. The number of H-pyrrole nitrogens is 1. The van der Waals surface area contributed by atoms with Crippen LogP contribution in [0.2, 0.25) is 0 Å². The quantitative estimate of drug-likeness (QED) is 0.401. The van der Waals surface area contributed by atoms with Crippen molar-refractivity contribution in [3.8, 4) is 28.3 Å². The van der Waals surface area contributed by atoms with Gasteiger partial charge in [0, 0.05) is 47.7 Å². The summed E-state index contributed by atoms with van der Waals surface area (Å²) in [5, 5.41) is 0. The molecule has 2 heterocycles. The maximum atomic E-state index is 13.0. The third kappa shape index (κ3) is 4.35. The van der Waals surface area contributed by atoms with Crippen LogP contribution in [0.15, 0.2) is 67.0 Å². The molecule has 4 rings (SSSR count). The van der Waals surface area contributed by atoms with Crippen molar-refractivity contribution in [3.63, 3.8) is 0 Å². The fourth-order valence-electron chi connectivity index (χ4n) is 3.60. The number of aromatic nitrogens is 3. The molecule has 1 N–H and O–H groups in total. The van der Waals surface area contributed by atoms with Crippen molar-refractivity contribution in [2.75, 3.05) is 7.11 Å². The van der Waals surface area contributed by atoms with Crippen LogP contribution in [0.1, 0.15) is 23.9 Å². The van der Waals surface area contributed by atoms with Gasteiger partial charge in [-0.1, -0.05) is 42.5 Å². The number of alkyl halides is 3. The van der Waals surface area contributed by atoms with E-state index in [9.17, 15) is 13.2 Å². The zero-order valence-electron chi connectivity index (χ0n) is 17.2. The molecule has 4 nitrogen and oxygen atoms in total. The second-order valence-corrected chi connectivity index (χ2v) is 7.22. The van der Waals surface area contributed by atoms with Gasteiger partial charge in [-0.25, -0.2) is 4.98 Å². The Hall–Kier alpha value is -3.48. The van der Waals surface area contributed by atoms with Crippen molar-refractivity contribution in [3.05, 3.63) is 83.9 Å². The van der Waals surface area contributed by atoms with Crippen molar-refractivity contribution in [2.45, 2.75) is 26.1 Å². The number of ether oxygens (including phenoxy) is 1. The third-order valence-electron chi connectivity index (χ3n) is 5.18. The van der Waals surface area contributed by atoms with Gasteiger partial charge in [0.15, 0.2) is 5.69 Å². The van der Waals surface area contributed by atoms with Gasteiger partial charge in [-0.15, -0.1) is 0 Å². The third-order valence-corrected chi connectivity index (χ3v) is 5.18.